The highest BCUT2D eigenvalue weighted by Crippen LogP contribution is 2.32. The van der Waals surface area contributed by atoms with Gasteiger partial charge in [-0.05, 0) is 26.0 Å². The summed E-state index contributed by atoms with van der Waals surface area (Å²) >= 11 is 9.56. The van der Waals surface area contributed by atoms with Crippen molar-refractivity contribution < 1.29 is 4.79 Å². The van der Waals surface area contributed by atoms with Gasteiger partial charge < -0.3 is 4.57 Å². The van der Waals surface area contributed by atoms with Crippen molar-refractivity contribution in [3.8, 4) is 0 Å². The van der Waals surface area contributed by atoms with Crippen molar-refractivity contribution in [1.29, 1.82) is 0 Å². The number of pyridine rings is 1. The predicted octanol–water partition coefficient (Wildman–Crippen LogP) is 3.81. The molecule has 94 valence electrons. The second kappa shape index (κ2) is 4.86. The monoisotopic (exact) mass is 327 g/mol. The maximum atomic E-state index is 12.2. The molecule has 0 radical (unpaired) electrons. The van der Waals surface area contributed by atoms with E-state index in [9.17, 15) is 9.59 Å². The molecule has 0 bridgehead atoms. The third-order valence-electron chi connectivity index (χ3n) is 2.79. The van der Waals surface area contributed by atoms with Crippen molar-refractivity contribution in [3.05, 3.63) is 43.6 Å². The second-order valence-electron chi connectivity index (χ2n) is 4.25. The average molecular weight is 329 g/mol. The quantitative estimate of drug-likeness (QED) is 0.786. The number of rotatable bonds is 2. The minimum absolute atomic E-state index is 0.00441. The molecule has 5 heteroatoms. The van der Waals surface area contributed by atoms with Gasteiger partial charge in [0.15, 0.2) is 6.29 Å². The van der Waals surface area contributed by atoms with Crippen LogP contribution in [0.5, 0.6) is 0 Å². The lowest BCUT2D eigenvalue weighted by Crippen LogP contribution is -2.26. The van der Waals surface area contributed by atoms with Gasteiger partial charge in [-0.1, -0.05) is 33.6 Å². The van der Waals surface area contributed by atoms with E-state index in [2.05, 4.69) is 15.9 Å². The fourth-order valence-corrected chi connectivity index (χ4v) is 3.01. The lowest BCUT2D eigenvalue weighted by molar-refractivity contribution is 0.112. The van der Waals surface area contributed by atoms with Crippen molar-refractivity contribution in [3.63, 3.8) is 0 Å². The number of carbonyl (C=O) groups is 1. The molecule has 2 rings (SSSR count). The Hall–Kier alpha value is -1.13. The molecule has 0 N–H and O–H groups in total. The highest BCUT2D eigenvalue weighted by atomic mass is 79.9. The average Bonchev–Trinajstić information content (AvgIpc) is 2.28. The van der Waals surface area contributed by atoms with Gasteiger partial charge in [-0.25, -0.2) is 0 Å². The highest BCUT2D eigenvalue weighted by molar-refractivity contribution is 9.10. The summed E-state index contributed by atoms with van der Waals surface area (Å²) in [7, 11) is 0. The van der Waals surface area contributed by atoms with Crippen LogP contribution in [0.25, 0.3) is 10.9 Å². The van der Waals surface area contributed by atoms with Crippen molar-refractivity contribution in [1.82, 2.24) is 4.57 Å². The van der Waals surface area contributed by atoms with E-state index in [1.165, 1.54) is 0 Å². The van der Waals surface area contributed by atoms with E-state index in [1.807, 2.05) is 32.0 Å². The Morgan fingerprint density at radius 2 is 2.06 bits per heavy atom. The molecule has 0 aliphatic carbocycles. The Morgan fingerprint density at radius 1 is 1.39 bits per heavy atom. The zero-order valence-corrected chi connectivity index (χ0v) is 12.2. The molecule has 0 spiro atoms. The lowest BCUT2D eigenvalue weighted by Gasteiger charge is -2.16. The summed E-state index contributed by atoms with van der Waals surface area (Å²) in [5.41, 5.74) is 0.375. The van der Waals surface area contributed by atoms with Crippen LogP contribution < -0.4 is 5.56 Å². The molecule has 0 atom stereocenters. The van der Waals surface area contributed by atoms with Crippen LogP contribution in [0.3, 0.4) is 0 Å². The van der Waals surface area contributed by atoms with E-state index in [-0.39, 0.29) is 22.2 Å². The van der Waals surface area contributed by atoms with Crippen LogP contribution in [-0.4, -0.2) is 10.9 Å². The third-order valence-corrected chi connectivity index (χ3v) is 3.84. The Labute approximate surface area is 117 Å². The summed E-state index contributed by atoms with van der Waals surface area (Å²) in [4.78, 5) is 23.3. The van der Waals surface area contributed by atoms with Gasteiger partial charge in [0, 0.05) is 15.9 Å². The summed E-state index contributed by atoms with van der Waals surface area (Å²) in [6.45, 7) is 3.79. The van der Waals surface area contributed by atoms with E-state index in [0.717, 1.165) is 9.99 Å². The van der Waals surface area contributed by atoms with Gasteiger partial charge >= 0.3 is 0 Å². The molecule has 1 aromatic heterocycles. The van der Waals surface area contributed by atoms with E-state index in [4.69, 9.17) is 11.6 Å². The molecule has 0 unspecified atom stereocenters. The molecule has 0 saturated heterocycles. The molecule has 0 fully saturated rings. The van der Waals surface area contributed by atoms with E-state index in [0.29, 0.717) is 11.7 Å². The van der Waals surface area contributed by atoms with Crippen LogP contribution in [0.15, 0.2) is 27.5 Å². The zero-order valence-electron chi connectivity index (χ0n) is 9.91. The SMILES string of the molecule is CC(C)n1c(=O)c(C=O)c(Cl)c2c(Br)cccc21. The summed E-state index contributed by atoms with van der Waals surface area (Å²) < 4.78 is 2.35. The summed E-state index contributed by atoms with van der Waals surface area (Å²) in [6.07, 6.45) is 0.516. The van der Waals surface area contributed by atoms with E-state index < -0.39 is 0 Å². The van der Waals surface area contributed by atoms with Crippen LogP contribution in [0.2, 0.25) is 5.02 Å². The van der Waals surface area contributed by atoms with Gasteiger partial charge in [-0.2, -0.15) is 0 Å². The molecular weight excluding hydrogens is 318 g/mol. The van der Waals surface area contributed by atoms with Gasteiger partial charge in [-0.15, -0.1) is 0 Å². The highest BCUT2D eigenvalue weighted by Gasteiger charge is 2.17. The number of nitrogens with zero attached hydrogens (tertiary/aromatic N) is 1. The zero-order chi connectivity index (χ0) is 13.4. The standard InChI is InChI=1S/C13H11BrClNO2/c1-7(2)16-10-5-3-4-9(14)11(10)12(15)8(6-17)13(16)18/h3-7H,1-2H3. The number of hydrogen-bond donors (Lipinski definition) is 0. The van der Waals surface area contributed by atoms with Gasteiger partial charge in [0.2, 0.25) is 0 Å². The molecule has 18 heavy (non-hydrogen) atoms. The summed E-state index contributed by atoms with van der Waals surface area (Å²) in [6, 6.07) is 5.44. The van der Waals surface area contributed by atoms with Gasteiger partial charge in [0.1, 0.15) is 0 Å². The molecule has 1 heterocycles. The molecule has 0 aliphatic rings. The summed E-state index contributed by atoms with van der Waals surface area (Å²) in [5, 5.41) is 0.893. The molecule has 0 aliphatic heterocycles. The van der Waals surface area contributed by atoms with Crippen molar-refractivity contribution in [2.24, 2.45) is 0 Å². The summed E-state index contributed by atoms with van der Waals surface area (Å²) in [5.74, 6) is 0. The lowest BCUT2D eigenvalue weighted by atomic mass is 10.1. The van der Waals surface area contributed by atoms with Crippen LogP contribution in [-0.2, 0) is 0 Å². The first-order chi connectivity index (χ1) is 8.49. The third kappa shape index (κ3) is 1.89. The van der Waals surface area contributed by atoms with E-state index >= 15 is 0 Å². The second-order valence-corrected chi connectivity index (χ2v) is 5.48. The molecule has 0 amide bonds. The van der Waals surface area contributed by atoms with Gasteiger partial charge in [0.05, 0.1) is 16.1 Å². The number of aldehydes is 1. The first-order valence-electron chi connectivity index (χ1n) is 5.46. The number of hydrogen-bond acceptors (Lipinski definition) is 2. The number of halogens is 2. The minimum atomic E-state index is -0.351. The van der Waals surface area contributed by atoms with Gasteiger partial charge in [0.25, 0.3) is 5.56 Å². The van der Waals surface area contributed by atoms with Gasteiger partial charge in [-0.3, -0.25) is 9.59 Å². The molecular formula is C13H11BrClNO2. The van der Waals surface area contributed by atoms with Crippen molar-refractivity contribution in [2.45, 2.75) is 19.9 Å². The fourth-order valence-electron chi connectivity index (χ4n) is 2.01. The normalized spacial score (nSPS) is 11.2. The molecule has 2 aromatic rings. The molecule has 0 saturated carbocycles. The maximum Gasteiger partial charge on any atom is 0.263 e. The molecule has 1 aromatic carbocycles. The fraction of sp³-hybridized carbons (Fsp3) is 0.231. The predicted molar refractivity (Wildman–Crippen MR) is 76.7 cm³/mol. The first-order valence-corrected chi connectivity index (χ1v) is 6.63. The topological polar surface area (TPSA) is 39.1 Å². The Balaban J connectivity index is 3.13. The van der Waals surface area contributed by atoms with Crippen LogP contribution >= 0.6 is 27.5 Å². The van der Waals surface area contributed by atoms with Crippen LogP contribution in [0.1, 0.15) is 30.2 Å². The van der Waals surface area contributed by atoms with Crippen molar-refractivity contribution in [2.75, 3.05) is 0 Å². The Morgan fingerprint density at radius 3 is 2.61 bits per heavy atom. The first kappa shape index (κ1) is 13.3. The van der Waals surface area contributed by atoms with Crippen LogP contribution in [0, 0.1) is 0 Å². The smallest absolute Gasteiger partial charge is 0.263 e. The van der Waals surface area contributed by atoms with Crippen molar-refractivity contribution >= 4 is 44.7 Å². The van der Waals surface area contributed by atoms with Crippen LogP contribution in [0.4, 0.5) is 0 Å². The number of benzene rings is 1. The Bertz CT molecular complexity index is 691. The number of fused-ring (bicyclic) bond motifs is 1. The maximum absolute atomic E-state index is 12.2. The minimum Gasteiger partial charge on any atom is -0.305 e. The Kier molecular flexibility index (Phi) is 3.59. The number of carbonyl (C=O) groups excluding carboxylic acids is 1. The number of aromatic nitrogens is 1. The largest absolute Gasteiger partial charge is 0.305 e. The molecule has 3 nitrogen and oxygen atoms in total. The van der Waals surface area contributed by atoms with E-state index in [1.54, 1.807) is 4.57 Å².